The minimum atomic E-state index is -0.103. The second-order valence-electron chi connectivity index (χ2n) is 9.33. The van der Waals surface area contributed by atoms with E-state index >= 15 is 0 Å². The molecule has 0 fully saturated rings. The number of methoxy groups -OCH3 is 1. The first-order valence-electron chi connectivity index (χ1n) is 12.6. The second kappa shape index (κ2) is 10.4. The Bertz CT molecular complexity index is 1630. The highest BCUT2D eigenvalue weighted by Gasteiger charge is 2.26. The zero-order chi connectivity index (χ0) is 26.1. The fraction of sp³-hybridized carbons (Fsp3) is 0.241. The van der Waals surface area contributed by atoms with Gasteiger partial charge in [-0.15, -0.1) is 11.3 Å². The van der Waals surface area contributed by atoms with E-state index in [-0.39, 0.29) is 5.91 Å². The number of carbonyl (C=O) groups is 1. The molecule has 192 valence electrons. The zero-order valence-corrected chi connectivity index (χ0v) is 22.1. The molecule has 0 saturated carbocycles. The van der Waals surface area contributed by atoms with Crippen LogP contribution in [0, 0.1) is 0 Å². The van der Waals surface area contributed by atoms with Crippen LogP contribution in [0.25, 0.3) is 21.3 Å². The number of nitrogens with zero attached hydrogens (tertiary/aromatic N) is 4. The van der Waals surface area contributed by atoms with Crippen LogP contribution < -0.4 is 10.6 Å². The Morgan fingerprint density at radius 1 is 1.13 bits per heavy atom. The van der Waals surface area contributed by atoms with E-state index in [1.165, 1.54) is 16.9 Å². The Labute approximate surface area is 224 Å². The summed E-state index contributed by atoms with van der Waals surface area (Å²) < 4.78 is 8.01. The van der Waals surface area contributed by atoms with Gasteiger partial charge in [0.1, 0.15) is 0 Å². The molecule has 0 saturated heterocycles. The van der Waals surface area contributed by atoms with Gasteiger partial charge < -0.3 is 15.4 Å². The number of nitrogens with one attached hydrogen (secondary N) is 2. The summed E-state index contributed by atoms with van der Waals surface area (Å²) in [6, 6.07) is 18.3. The summed E-state index contributed by atoms with van der Waals surface area (Å²) in [5, 5.41) is 12.1. The zero-order valence-electron chi connectivity index (χ0n) is 21.3. The van der Waals surface area contributed by atoms with Crippen molar-refractivity contribution < 1.29 is 9.53 Å². The Balaban J connectivity index is 1.32. The number of ether oxygens (including phenoxy) is 1. The van der Waals surface area contributed by atoms with Gasteiger partial charge in [-0.3, -0.25) is 9.48 Å². The van der Waals surface area contributed by atoms with Crippen LogP contribution in [0.3, 0.4) is 0 Å². The number of thiophene rings is 1. The van der Waals surface area contributed by atoms with E-state index in [1.807, 2.05) is 48.3 Å². The Morgan fingerprint density at radius 3 is 2.84 bits per heavy atom. The molecule has 1 amide bonds. The fourth-order valence-electron chi connectivity index (χ4n) is 4.93. The smallest absolute Gasteiger partial charge is 0.261 e. The Kier molecular flexibility index (Phi) is 6.61. The van der Waals surface area contributed by atoms with Crippen LogP contribution >= 0.6 is 11.3 Å². The molecule has 5 aromatic rings. The lowest BCUT2D eigenvalue weighted by molar-refractivity contribution is 0.0941. The lowest BCUT2D eigenvalue weighted by Crippen LogP contribution is -2.26. The van der Waals surface area contributed by atoms with Crippen molar-refractivity contribution in [2.45, 2.75) is 19.3 Å². The summed E-state index contributed by atoms with van der Waals surface area (Å²) in [6.45, 7) is 0.949. The third-order valence-electron chi connectivity index (χ3n) is 6.79. The van der Waals surface area contributed by atoms with E-state index in [9.17, 15) is 4.79 Å². The Morgan fingerprint density at radius 2 is 2.00 bits per heavy atom. The van der Waals surface area contributed by atoms with Gasteiger partial charge in [-0.1, -0.05) is 42.5 Å². The van der Waals surface area contributed by atoms with Crippen LogP contribution in [0.1, 0.15) is 32.2 Å². The maximum Gasteiger partial charge on any atom is 0.261 e. The largest absolute Gasteiger partial charge is 0.383 e. The summed E-state index contributed by atoms with van der Waals surface area (Å²) in [4.78, 5) is 22.9. The first-order chi connectivity index (χ1) is 18.6. The van der Waals surface area contributed by atoms with Gasteiger partial charge in [-0.2, -0.15) is 5.10 Å². The van der Waals surface area contributed by atoms with Crippen molar-refractivity contribution in [1.29, 1.82) is 0 Å². The number of rotatable bonds is 8. The number of aryl methyl sites for hydroxylation is 3. The maximum absolute atomic E-state index is 12.6. The molecular weight excluding hydrogens is 496 g/mol. The summed E-state index contributed by atoms with van der Waals surface area (Å²) >= 11 is 1.45. The van der Waals surface area contributed by atoms with Crippen LogP contribution in [0.2, 0.25) is 0 Å². The quantitative estimate of drug-likeness (QED) is 0.281. The van der Waals surface area contributed by atoms with Crippen LogP contribution in [0.5, 0.6) is 0 Å². The number of benzene rings is 2. The third-order valence-corrected chi connectivity index (χ3v) is 7.97. The molecule has 8 nitrogen and oxygen atoms in total. The molecule has 6 rings (SSSR count). The molecule has 0 unspecified atom stereocenters. The van der Waals surface area contributed by atoms with Gasteiger partial charge in [0.2, 0.25) is 5.95 Å². The minimum absolute atomic E-state index is 0.103. The average Bonchev–Trinajstić information content (AvgIpc) is 3.51. The van der Waals surface area contributed by atoms with Gasteiger partial charge in [0, 0.05) is 38.9 Å². The van der Waals surface area contributed by atoms with Crippen LogP contribution in [0.15, 0.2) is 60.8 Å². The van der Waals surface area contributed by atoms with Crippen LogP contribution in [0.4, 0.5) is 11.6 Å². The number of aromatic nitrogens is 4. The standard InChI is InChI=1S/C29H28N6O2S/c1-35-23(15-18-7-4-3-5-8-18)25-21(34-35)12-11-20-17-31-29(33-26(20)25)32-22-10-6-9-19-16-24(38-27(19)22)28(36)30-13-14-37-2/h3-10,16-17H,11-15H2,1-2H3,(H,30,36)(H,31,32,33). The molecule has 2 N–H and O–H groups in total. The molecule has 3 heterocycles. The van der Waals surface area contributed by atoms with Crippen molar-refractivity contribution in [2.24, 2.45) is 7.05 Å². The van der Waals surface area contributed by atoms with Crippen LogP contribution in [-0.2, 0) is 31.0 Å². The summed E-state index contributed by atoms with van der Waals surface area (Å²) in [5.41, 5.74) is 7.54. The molecule has 1 aliphatic carbocycles. The van der Waals surface area contributed by atoms with Crippen molar-refractivity contribution in [1.82, 2.24) is 25.1 Å². The lowest BCUT2D eigenvalue weighted by Gasteiger charge is -2.17. The van der Waals surface area contributed by atoms with Crippen molar-refractivity contribution >= 4 is 39.0 Å². The molecule has 0 aliphatic heterocycles. The highest BCUT2D eigenvalue weighted by atomic mass is 32.1. The van der Waals surface area contributed by atoms with Crippen molar-refractivity contribution in [3.63, 3.8) is 0 Å². The normalized spacial score (nSPS) is 12.3. The van der Waals surface area contributed by atoms with Crippen molar-refractivity contribution in [3.05, 3.63) is 88.2 Å². The molecule has 9 heteroatoms. The molecule has 38 heavy (non-hydrogen) atoms. The summed E-state index contributed by atoms with van der Waals surface area (Å²) in [6.07, 6.45) is 4.46. The van der Waals surface area contributed by atoms with E-state index in [2.05, 4.69) is 39.9 Å². The molecule has 1 aliphatic rings. The van der Waals surface area contributed by atoms with Crippen LogP contribution in [-0.4, -0.2) is 45.9 Å². The first-order valence-corrected chi connectivity index (χ1v) is 13.4. The van der Waals surface area contributed by atoms with Gasteiger partial charge in [-0.05, 0) is 41.5 Å². The first kappa shape index (κ1) is 24.3. The lowest BCUT2D eigenvalue weighted by atomic mass is 9.91. The molecule has 0 radical (unpaired) electrons. The van der Waals surface area contributed by atoms with E-state index in [0.717, 1.165) is 63.2 Å². The molecule has 0 atom stereocenters. The number of hydrogen-bond donors (Lipinski definition) is 2. The van der Waals surface area contributed by atoms with E-state index in [1.54, 1.807) is 7.11 Å². The van der Waals surface area contributed by atoms with Gasteiger partial charge in [-0.25, -0.2) is 9.97 Å². The predicted octanol–water partition coefficient (Wildman–Crippen LogP) is 4.90. The van der Waals surface area contributed by atoms with Crippen molar-refractivity contribution in [3.8, 4) is 11.3 Å². The molecule has 0 bridgehead atoms. The predicted molar refractivity (Wildman–Crippen MR) is 150 cm³/mol. The molecule has 3 aromatic heterocycles. The highest BCUT2D eigenvalue weighted by molar-refractivity contribution is 7.21. The fourth-order valence-corrected chi connectivity index (χ4v) is 5.97. The third kappa shape index (κ3) is 4.66. The van der Waals surface area contributed by atoms with Gasteiger partial charge in [0.15, 0.2) is 0 Å². The van der Waals surface area contributed by atoms with Gasteiger partial charge in [0.05, 0.1) is 39.0 Å². The number of carbonyl (C=O) groups excluding carboxylic acids is 1. The van der Waals surface area contributed by atoms with Gasteiger partial charge in [0.25, 0.3) is 5.91 Å². The number of amides is 1. The number of hydrogen-bond acceptors (Lipinski definition) is 7. The number of fused-ring (bicyclic) bond motifs is 4. The topological polar surface area (TPSA) is 94.0 Å². The van der Waals surface area contributed by atoms with E-state index in [4.69, 9.17) is 14.8 Å². The molecule has 2 aromatic carbocycles. The van der Waals surface area contributed by atoms with E-state index < -0.39 is 0 Å². The highest BCUT2D eigenvalue weighted by Crippen LogP contribution is 2.37. The van der Waals surface area contributed by atoms with E-state index in [0.29, 0.717) is 24.0 Å². The van der Waals surface area contributed by atoms with Gasteiger partial charge >= 0.3 is 0 Å². The SMILES string of the molecule is COCCNC(=O)c1cc2cccc(Nc3ncc4c(n3)-c3c(nn(C)c3Cc3ccccc3)CC4)c2s1. The summed E-state index contributed by atoms with van der Waals surface area (Å²) in [5.74, 6) is 0.424. The van der Waals surface area contributed by atoms with Crippen molar-refractivity contribution in [2.75, 3.05) is 25.6 Å². The monoisotopic (exact) mass is 524 g/mol. The number of anilines is 2. The molecule has 0 spiro atoms. The Hall–Kier alpha value is -4.08. The molecular formula is C29H28N6O2S. The second-order valence-corrected chi connectivity index (χ2v) is 10.4. The minimum Gasteiger partial charge on any atom is -0.383 e. The average molecular weight is 525 g/mol. The maximum atomic E-state index is 12.6. The summed E-state index contributed by atoms with van der Waals surface area (Å²) in [7, 11) is 3.63.